The number of halogens is 1. The normalized spacial score (nSPS) is 23.8. The van der Waals surface area contributed by atoms with Crippen molar-refractivity contribution in [1.29, 1.82) is 0 Å². The van der Waals surface area contributed by atoms with Gasteiger partial charge < -0.3 is 15.0 Å². The van der Waals surface area contributed by atoms with E-state index in [0.29, 0.717) is 45.9 Å². The summed E-state index contributed by atoms with van der Waals surface area (Å²) in [6.07, 6.45) is 3.89. The van der Waals surface area contributed by atoms with Crippen LogP contribution in [0.15, 0.2) is 24.3 Å². The summed E-state index contributed by atoms with van der Waals surface area (Å²) in [7, 11) is 0. The van der Waals surface area contributed by atoms with Crippen LogP contribution >= 0.6 is 11.6 Å². The summed E-state index contributed by atoms with van der Waals surface area (Å²) >= 11 is 6.47. The molecule has 3 fully saturated rings. The van der Waals surface area contributed by atoms with E-state index in [2.05, 4.69) is 21.2 Å². The van der Waals surface area contributed by atoms with E-state index in [9.17, 15) is 9.59 Å². The molecular formula is C23H33ClN4O3. The van der Waals surface area contributed by atoms with Crippen LogP contribution in [-0.2, 0) is 14.3 Å². The van der Waals surface area contributed by atoms with E-state index in [-0.39, 0.29) is 24.0 Å². The monoisotopic (exact) mass is 448 g/mol. The molecule has 0 bridgehead atoms. The third kappa shape index (κ3) is 5.77. The topological polar surface area (TPSA) is 65.1 Å². The highest BCUT2D eigenvalue weighted by Crippen LogP contribution is 2.29. The van der Waals surface area contributed by atoms with Gasteiger partial charge in [-0.05, 0) is 50.4 Å². The Morgan fingerprint density at radius 3 is 2.48 bits per heavy atom. The lowest BCUT2D eigenvalue weighted by Gasteiger charge is -2.35. The molecule has 4 rings (SSSR count). The molecule has 0 radical (unpaired) electrons. The zero-order valence-electron chi connectivity index (χ0n) is 18.1. The van der Waals surface area contributed by atoms with E-state index >= 15 is 0 Å². The molecule has 2 atom stereocenters. The number of likely N-dealkylation sites (tertiary alicyclic amines) is 1. The Kier molecular flexibility index (Phi) is 7.82. The SMILES string of the molecule is O=C(CN1CCN(C(=O)C2CCCO2)CC1)NCC(c1ccccc1Cl)N1CCCC1. The molecule has 1 aromatic carbocycles. The maximum absolute atomic E-state index is 12.7. The van der Waals surface area contributed by atoms with Crippen LogP contribution in [0, 0.1) is 0 Å². The zero-order valence-corrected chi connectivity index (χ0v) is 18.9. The molecule has 31 heavy (non-hydrogen) atoms. The van der Waals surface area contributed by atoms with Gasteiger partial charge in [0.25, 0.3) is 5.91 Å². The highest BCUT2D eigenvalue weighted by Gasteiger charge is 2.31. The minimum Gasteiger partial charge on any atom is -0.368 e. The molecule has 0 aliphatic carbocycles. The number of hydrogen-bond donors (Lipinski definition) is 1. The Balaban J connectivity index is 1.25. The van der Waals surface area contributed by atoms with Gasteiger partial charge in [0.1, 0.15) is 6.10 Å². The summed E-state index contributed by atoms with van der Waals surface area (Å²) < 4.78 is 5.52. The van der Waals surface area contributed by atoms with Gasteiger partial charge in [0, 0.05) is 44.4 Å². The first-order chi connectivity index (χ1) is 15.1. The molecule has 170 valence electrons. The van der Waals surface area contributed by atoms with E-state index in [4.69, 9.17) is 16.3 Å². The number of hydrogen-bond acceptors (Lipinski definition) is 5. The van der Waals surface area contributed by atoms with E-state index in [0.717, 1.165) is 36.5 Å². The van der Waals surface area contributed by atoms with Crippen molar-refractivity contribution in [3.63, 3.8) is 0 Å². The van der Waals surface area contributed by atoms with Crippen molar-refractivity contribution in [2.24, 2.45) is 0 Å². The van der Waals surface area contributed by atoms with Gasteiger partial charge in [-0.1, -0.05) is 29.8 Å². The summed E-state index contributed by atoms with van der Waals surface area (Å²) in [5.74, 6) is 0.130. The molecular weight excluding hydrogens is 416 g/mol. The maximum Gasteiger partial charge on any atom is 0.251 e. The summed E-state index contributed by atoms with van der Waals surface area (Å²) in [4.78, 5) is 31.6. The summed E-state index contributed by atoms with van der Waals surface area (Å²) in [6.45, 7) is 6.40. The summed E-state index contributed by atoms with van der Waals surface area (Å²) in [5, 5.41) is 3.88. The lowest BCUT2D eigenvalue weighted by atomic mass is 10.1. The summed E-state index contributed by atoms with van der Waals surface area (Å²) in [5.41, 5.74) is 1.08. The molecule has 1 aromatic rings. The Morgan fingerprint density at radius 2 is 1.81 bits per heavy atom. The third-order valence-corrected chi connectivity index (χ3v) is 6.94. The molecule has 1 N–H and O–H groups in total. The molecule has 8 heteroatoms. The second kappa shape index (κ2) is 10.8. The average Bonchev–Trinajstić information content (AvgIpc) is 3.50. The summed E-state index contributed by atoms with van der Waals surface area (Å²) in [6, 6.07) is 8.01. The Bertz CT molecular complexity index is 757. The number of amides is 2. The number of carbonyl (C=O) groups is 2. The largest absolute Gasteiger partial charge is 0.368 e. The van der Waals surface area contributed by atoms with Crippen molar-refractivity contribution in [3.05, 3.63) is 34.9 Å². The van der Waals surface area contributed by atoms with Crippen molar-refractivity contribution >= 4 is 23.4 Å². The van der Waals surface area contributed by atoms with Gasteiger partial charge in [-0.3, -0.25) is 19.4 Å². The van der Waals surface area contributed by atoms with E-state index in [1.54, 1.807) is 0 Å². The van der Waals surface area contributed by atoms with Gasteiger partial charge in [-0.2, -0.15) is 0 Å². The molecule has 0 aromatic heterocycles. The first-order valence-electron chi connectivity index (χ1n) is 11.5. The van der Waals surface area contributed by atoms with Crippen LogP contribution in [0.5, 0.6) is 0 Å². The van der Waals surface area contributed by atoms with Crippen LogP contribution < -0.4 is 5.32 Å². The van der Waals surface area contributed by atoms with Crippen LogP contribution in [0.1, 0.15) is 37.3 Å². The molecule has 3 heterocycles. The van der Waals surface area contributed by atoms with Crippen LogP contribution in [0.25, 0.3) is 0 Å². The van der Waals surface area contributed by atoms with Gasteiger partial charge in [-0.15, -0.1) is 0 Å². The van der Waals surface area contributed by atoms with E-state index < -0.39 is 0 Å². The molecule has 0 saturated carbocycles. The van der Waals surface area contributed by atoms with Crippen LogP contribution in [-0.4, -0.2) is 91.6 Å². The third-order valence-electron chi connectivity index (χ3n) is 6.59. The average molecular weight is 449 g/mol. The molecule has 3 saturated heterocycles. The van der Waals surface area contributed by atoms with Crippen molar-refractivity contribution in [1.82, 2.24) is 20.0 Å². The quantitative estimate of drug-likeness (QED) is 0.690. The van der Waals surface area contributed by atoms with Gasteiger partial charge in [0.15, 0.2) is 0 Å². The Hall–Kier alpha value is -1.67. The second-order valence-corrected chi connectivity index (χ2v) is 9.09. The van der Waals surface area contributed by atoms with E-state index in [1.165, 1.54) is 12.8 Å². The van der Waals surface area contributed by atoms with Gasteiger partial charge in [0.05, 0.1) is 12.6 Å². The predicted molar refractivity (Wildman–Crippen MR) is 120 cm³/mol. The number of ether oxygens (including phenoxy) is 1. The zero-order chi connectivity index (χ0) is 21.6. The highest BCUT2D eigenvalue weighted by atomic mass is 35.5. The molecule has 0 spiro atoms. The van der Waals surface area contributed by atoms with Crippen LogP contribution in [0.2, 0.25) is 5.02 Å². The van der Waals surface area contributed by atoms with Gasteiger partial charge >= 0.3 is 0 Å². The number of benzene rings is 1. The van der Waals surface area contributed by atoms with Gasteiger partial charge in [-0.25, -0.2) is 0 Å². The lowest BCUT2D eigenvalue weighted by molar-refractivity contribution is -0.142. The number of nitrogens with one attached hydrogen (secondary N) is 1. The maximum atomic E-state index is 12.7. The lowest BCUT2D eigenvalue weighted by Crippen LogP contribution is -2.53. The van der Waals surface area contributed by atoms with Crippen molar-refractivity contribution < 1.29 is 14.3 Å². The number of carbonyl (C=O) groups excluding carboxylic acids is 2. The number of piperazine rings is 1. The molecule has 7 nitrogen and oxygen atoms in total. The van der Waals surface area contributed by atoms with Crippen LogP contribution in [0.3, 0.4) is 0 Å². The van der Waals surface area contributed by atoms with Crippen molar-refractivity contribution in [2.75, 3.05) is 59.0 Å². The number of rotatable bonds is 7. The standard InChI is InChI=1S/C23H33ClN4O3/c24-19-7-2-1-6-18(19)20(27-9-3-4-10-27)16-25-22(29)17-26-11-13-28(14-12-26)23(30)21-8-5-15-31-21/h1-2,6-7,20-21H,3-5,8-17H2,(H,25,29). The van der Waals surface area contributed by atoms with Crippen molar-refractivity contribution in [3.8, 4) is 0 Å². The fourth-order valence-corrected chi connectivity index (χ4v) is 5.07. The van der Waals surface area contributed by atoms with E-state index in [1.807, 2.05) is 23.1 Å². The van der Waals surface area contributed by atoms with Gasteiger partial charge in [0.2, 0.25) is 5.91 Å². The first-order valence-corrected chi connectivity index (χ1v) is 11.9. The fraction of sp³-hybridized carbons (Fsp3) is 0.652. The predicted octanol–water partition coefficient (Wildman–Crippen LogP) is 1.92. The molecule has 3 aliphatic heterocycles. The Labute approximate surface area is 189 Å². The highest BCUT2D eigenvalue weighted by molar-refractivity contribution is 6.31. The minimum absolute atomic E-state index is 0.0233. The number of nitrogens with zero attached hydrogens (tertiary/aromatic N) is 3. The van der Waals surface area contributed by atoms with Crippen LogP contribution in [0.4, 0.5) is 0 Å². The first kappa shape index (κ1) is 22.5. The second-order valence-electron chi connectivity index (χ2n) is 8.69. The Morgan fingerprint density at radius 1 is 1.06 bits per heavy atom. The molecule has 2 amide bonds. The fourth-order valence-electron chi connectivity index (χ4n) is 4.81. The van der Waals surface area contributed by atoms with Crippen molar-refractivity contribution in [2.45, 2.75) is 37.8 Å². The minimum atomic E-state index is -0.262. The molecule has 2 unspecified atom stereocenters. The molecule has 3 aliphatic rings. The smallest absolute Gasteiger partial charge is 0.251 e.